The zero-order valence-electron chi connectivity index (χ0n) is 7.74. The molecule has 1 amide bonds. The molecule has 0 bridgehead atoms. The second-order valence-corrected chi connectivity index (χ2v) is 2.72. The topological polar surface area (TPSA) is 150 Å². The molecule has 0 rings (SSSR count). The molecule has 0 aromatic rings. The van der Waals surface area contributed by atoms with Gasteiger partial charge in [0.15, 0.2) is 6.10 Å². The summed E-state index contributed by atoms with van der Waals surface area (Å²) in [5.41, 5.74) is 4.61. The number of Topliss-reactive ketones (excluding diaryl/α,β-unsaturated/α-hetero) is 1. The molecule has 0 spiro atoms. The lowest BCUT2D eigenvalue weighted by atomic mass is 10.1. The Morgan fingerprint density at radius 2 is 1.80 bits per heavy atom. The number of aliphatic hydroxyl groups excluding tert-OH is 4. The number of hydrogen-bond donors (Lipinski definition) is 5. The van der Waals surface area contributed by atoms with Crippen LogP contribution >= 0.6 is 0 Å². The highest BCUT2D eigenvalue weighted by molar-refractivity contribution is 5.86. The van der Waals surface area contributed by atoms with Crippen molar-refractivity contribution in [3.8, 4) is 0 Å². The third-order valence-electron chi connectivity index (χ3n) is 1.61. The van der Waals surface area contributed by atoms with E-state index in [1.165, 1.54) is 0 Å². The minimum Gasteiger partial charge on any atom is -0.435 e. The highest BCUT2D eigenvalue weighted by atomic mass is 16.6. The first-order chi connectivity index (χ1) is 6.93. The number of carbonyl (C=O) groups excluding carboxylic acids is 2. The Balaban J connectivity index is 4.61. The van der Waals surface area contributed by atoms with Crippen LogP contribution in [0.3, 0.4) is 0 Å². The van der Waals surface area contributed by atoms with Crippen LogP contribution in [0, 0.1) is 0 Å². The summed E-state index contributed by atoms with van der Waals surface area (Å²) in [5, 5.41) is 35.2. The van der Waals surface area contributed by atoms with Crippen molar-refractivity contribution in [3.05, 3.63) is 0 Å². The molecule has 0 radical (unpaired) electrons. The molecule has 8 heteroatoms. The molecule has 0 heterocycles. The van der Waals surface area contributed by atoms with Gasteiger partial charge >= 0.3 is 6.09 Å². The Kier molecular flexibility index (Phi) is 5.79. The lowest BCUT2D eigenvalue weighted by molar-refractivity contribution is -0.142. The number of carbonyl (C=O) groups is 2. The summed E-state index contributed by atoms with van der Waals surface area (Å²) >= 11 is 0. The van der Waals surface area contributed by atoms with Crippen molar-refractivity contribution in [2.75, 3.05) is 13.2 Å². The molecule has 8 nitrogen and oxygen atoms in total. The maximum Gasteiger partial charge on any atom is 0.405 e. The van der Waals surface area contributed by atoms with Crippen LogP contribution in [-0.4, -0.2) is 63.8 Å². The quantitative estimate of drug-likeness (QED) is 0.317. The first kappa shape index (κ1) is 13.8. The molecular formula is C7H13NO7. The van der Waals surface area contributed by atoms with E-state index in [0.717, 1.165) is 0 Å². The van der Waals surface area contributed by atoms with Crippen LogP contribution in [0.1, 0.15) is 0 Å². The SMILES string of the molecule is NC(=O)O[C@H](C(=O)CO)[C@H](O)[C@H](O)CO. The first-order valence-electron chi connectivity index (χ1n) is 4.00. The smallest absolute Gasteiger partial charge is 0.405 e. The maximum absolute atomic E-state index is 11.0. The average molecular weight is 223 g/mol. The fourth-order valence-corrected chi connectivity index (χ4v) is 0.851. The largest absolute Gasteiger partial charge is 0.435 e. The minimum atomic E-state index is -1.85. The third-order valence-corrected chi connectivity index (χ3v) is 1.61. The van der Waals surface area contributed by atoms with E-state index in [1.807, 2.05) is 0 Å². The van der Waals surface area contributed by atoms with Gasteiger partial charge in [-0.25, -0.2) is 4.79 Å². The van der Waals surface area contributed by atoms with Crippen molar-refractivity contribution in [2.24, 2.45) is 5.73 Å². The predicted molar refractivity (Wildman–Crippen MR) is 45.6 cm³/mol. The summed E-state index contributed by atoms with van der Waals surface area (Å²) in [4.78, 5) is 21.3. The zero-order chi connectivity index (χ0) is 12.0. The molecule has 0 aliphatic heterocycles. The van der Waals surface area contributed by atoms with E-state index in [-0.39, 0.29) is 0 Å². The van der Waals surface area contributed by atoms with Gasteiger partial charge in [0.2, 0.25) is 5.78 Å². The molecule has 0 saturated carbocycles. The summed E-state index contributed by atoms with van der Waals surface area (Å²) in [7, 11) is 0. The van der Waals surface area contributed by atoms with Gasteiger partial charge in [-0.05, 0) is 0 Å². The van der Waals surface area contributed by atoms with Crippen LogP contribution in [0.25, 0.3) is 0 Å². The Morgan fingerprint density at radius 3 is 2.13 bits per heavy atom. The van der Waals surface area contributed by atoms with Crippen molar-refractivity contribution in [1.29, 1.82) is 0 Å². The van der Waals surface area contributed by atoms with Gasteiger partial charge in [-0.2, -0.15) is 0 Å². The number of hydrogen-bond acceptors (Lipinski definition) is 7. The Labute approximate surface area is 84.9 Å². The van der Waals surface area contributed by atoms with Gasteiger partial charge in [-0.3, -0.25) is 4.79 Å². The lowest BCUT2D eigenvalue weighted by Crippen LogP contribution is -2.48. The summed E-state index contributed by atoms with van der Waals surface area (Å²) < 4.78 is 4.20. The Bertz CT molecular complexity index is 231. The van der Waals surface area contributed by atoms with E-state index in [4.69, 9.17) is 15.3 Å². The Morgan fingerprint density at radius 1 is 1.27 bits per heavy atom. The number of nitrogens with two attached hydrogens (primary N) is 1. The molecule has 0 aliphatic carbocycles. The van der Waals surface area contributed by atoms with Crippen LogP contribution in [0.15, 0.2) is 0 Å². The van der Waals surface area contributed by atoms with Gasteiger partial charge in [-0.1, -0.05) is 0 Å². The second-order valence-electron chi connectivity index (χ2n) is 2.72. The lowest BCUT2D eigenvalue weighted by Gasteiger charge is -2.23. The molecule has 0 aromatic heterocycles. The van der Waals surface area contributed by atoms with E-state index in [2.05, 4.69) is 10.5 Å². The van der Waals surface area contributed by atoms with Gasteiger partial charge in [0.1, 0.15) is 18.8 Å². The van der Waals surface area contributed by atoms with Crippen molar-refractivity contribution in [3.63, 3.8) is 0 Å². The van der Waals surface area contributed by atoms with E-state index >= 15 is 0 Å². The van der Waals surface area contributed by atoms with Gasteiger partial charge < -0.3 is 30.9 Å². The van der Waals surface area contributed by atoms with Gasteiger partial charge in [0.25, 0.3) is 0 Å². The molecule has 3 atom stereocenters. The minimum absolute atomic E-state index is 0.835. The normalized spacial score (nSPS) is 16.5. The fraction of sp³-hybridized carbons (Fsp3) is 0.714. The number of amides is 1. The van der Waals surface area contributed by atoms with Crippen molar-refractivity contribution >= 4 is 11.9 Å². The van der Waals surface area contributed by atoms with Crippen LogP contribution in [0.5, 0.6) is 0 Å². The van der Waals surface area contributed by atoms with Gasteiger partial charge in [0, 0.05) is 0 Å². The first-order valence-corrected chi connectivity index (χ1v) is 4.00. The van der Waals surface area contributed by atoms with Crippen molar-refractivity contribution < 1.29 is 34.8 Å². The van der Waals surface area contributed by atoms with Gasteiger partial charge in [-0.15, -0.1) is 0 Å². The predicted octanol–water partition coefficient (Wildman–Crippen LogP) is -3.27. The highest BCUT2D eigenvalue weighted by Crippen LogP contribution is 2.06. The summed E-state index contributed by atoms with van der Waals surface area (Å²) in [6, 6.07) is 0. The van der Waals surface area contributed by atoms with E-state index in [1.54, 1.807) is 0 Å². The van der Waals surface area contributed by atoms with E-state index in [0.29, 0.717) is 0 Å². The summed E-state index contributed by atoms with van der Waals surface area (Å²) in [6.45, 7) is -1.83. The molecule has 0 fully saturated rings. The van der Waals surface area contributed by atoms with Gasteiger partial charge in [0.05, 0.1) is 6.61 Å². The Hall–Kier alpha value is -1.22. The average Bonchev–Trinajstić information content (AvgIpc) is 2.22. The molecule has 0 saturated heterocycles. The number of ether oxygens (including phenoxy) is 1. The van der Waals surface area contributed by atoms with Crippen LogP contribution in [0.2, 0.25) is 0 Å². The maximum atomic E-state index is 11.0. The molecular weight excluding hydrogens is 210 g/mol. The fourth-order valence-electron chi connectivity index (χ4n) is 0.851. The van der Waals surface area contributed by atoms with Crippen LogP contribution < -0.4 is 5.73 Å². The standard InChI is InChI=1S/C7H13NO7/c8-7(14)15-6(4(12)2-10)5(13)3(11)1-9/h3,5-6,9-11,13H,1-2H2,(H2,8,14)/t3-,5-,6-/m1/s1. The monoisotopic (exact) mass is 223 g/mol. The number of rotatable bonds is 6. The molecule has 6 N–H and O–H groups in total. The third kappa shape index (κ3) is 4.21. The summed E-state index contributed by atoms with van der Waals surface area (Å²) in [5.74, 6) is -1.03. The zero-order valence-corrected chi connectivity index (χ0v) is 7.74. The second kappa shape index (κ2) is 6.30. The molecule has 88 valence electrons. The highest BCUT2D eigenvalue weighted by Gasteiger charge is 2.34. The number of ketones is 1. The number of primary amides is 1. The van der Waals surface area contributed by atoms with Crippen LogP contribution in [-0.2, 0) is 9.53 Å². The van der Waals surface area contributed by atoms with Crippen LogP contribution in [0.4, 0.5) is 4.79 Å². The van der Waals surface area contributed by atoms with E-state index in [9.17, 15) is 14.7 Å². The van der Waals surface area contributed by atoms with Crippen molar-refractivity contribution in [1.82, 2.24) is 0 Å². The molecule has 15 heavy (non-hydrogen) atoms. The number of aliphatic hydroxyl groups is 4. The van der Waals surface area contributed by atoms with Crippen molar-refractivity contribution in [2.45, 2.75) is 18.3 Å². The molecule has 0 aromatic carbocycles. The molecule has 0 aliphatic rings. The van der Waals surface area contributed by atoms with E-state index < -0.39 is 43.4 Å². The molecule has 0 unspecified atom stereocenters. The summed E-state index contributed by atoms with van der Waals surface area (Å²) in [6.07, 6.45) is -6.66.